The second kappa shape index (κ2) is 5.30. The summed E-state index contributed by atoms with van der Waals surface area (Å²) >= 11 is 3.77. The number of alkyl halides is 1. The molecule has 1 heterocycles. The standard InChI is InChI=1S/C12H20BrN3/c1-9(2)7-16-12(14-8-15-16)6-5-11(13)10-3-4-10/h8-11H,3-7H2,1-2H3. The minimum absolute atomic E-state index is 0.628. The van der Waals surface area contributed by atoms with Gasteiger partial charge in [-0.25, -0.2) is 9.67 Å². The van der Waals surface area contributed by atoms with E-state index in [4.69, 9.17) is 0 Å². The summed E-state index contributed by atoms with van der Waals surface area (Å²) in [6, 6.07) is 0. The molecule has 0 amide bonds. The summed E-state index contributed by atoms with van der Waals surface area (Å²) in [6.07, 6.45) is 6.70. The van der Waals surface area contributed by atoms with E-state index in [9.17, 15) is 0 Å². The predicted octanol–water partition coefficient (Wildman–Crippen LogP) is 3.04. The van der Waals surface area contributed by atoms with E-state index in [1.165, 1.54) is 19.3 Å². The van der Waals surface area contributed by atoms with Gasteiger partial charge >= 0.3 is 0 Å². The molecule has 1 saturated carbocycles. The summed E-state index contributed by atoms with van der Waals surface area (Å²) in [7, 11) is 0. The van der Waals surface area contributed by atoms with Gasteiger partial charge in [-0.2, -0.15) is 5.10 Å². The van der Waals surface area contributed by atoms with Crippen molar-refractivity contribution >= 4 is 15.9 Å². The highest BCUT2D eigenvalue weighted by atomic mass is 79.9. The van der Waals surface area contributed by atoms with Crippen LogP contribution in [0.15, 0.2) is 6.33 Å². The van der Waals surface area contributed by atoms with Crippen molar-refractivity contribution in [3.63, 3.8) is 0 Å². The summed E-state index contributed by atoms with van der Waals surface area (Å²) < 4.78 is 2.05. The van der Waals surface area contributed by atoms with Crippen molar-refractivity contribution in [2.75, 3.05) is 0 Å². The Hall–Kier alpha value is -0.380. The molecule has 16 heavy (non-hydrogen) atoms. The molecule has 1 aliphatic carbocycles. The van der Waals surface area contributed by atoms with Crippen molar-refractivity contribution < 1.29 is 0 Å². The van der Waals surface area contributed by atoms with E-state index in [1.807, 2.05) is 0 Å². The lowest BCUT2D eigenvalue weighted by Crippen LogP contribution is -2.12. The van der Waals surface area contributed by atoms with Crippen LogP contribution in [-0.4, -0.2) is 19.6 Å². The lowest BCUT2D eigenvalue weighted by Gasteiger charge is -2.10. The number of nitrogens with zero attached hydrogens (tertiary/aromatic N) is 3. The Kier molecular flexibility index (Phi) is 4.00. The molecule has 1 aliphatic rings. The summed E-state index contributed by atoms with van der Waals surface area (Å²) in [5.74, 6) is 2.68. The molecule has 1 aromatic rings. The molecule has 0 radical (unpaired) electrons. The Bertz CT molecular complexity index is 331. The molecular formula is C12H20BrN3. The fraction of sp³-hybridized carbons (Fsp3) is 0.833. The van der Waals surface area contributed by atoms with E-state index in [2.05, 4.69) is 44.5 Å². The minimum Gasteiger partial charge on any atom is -0.250 e. The van der Waals surface area contributed by atoms with E-state index in [-0.39, 0.29) is 0 Å². The number of halogens is 1. The fourth-order valence-corrected chi connectivity index (χ4v) is 2.70. The topological polar surface area (TPSA) is 30.7 Å². The molecule has 0 spiro atoms. The van der Waals surface area contributed by atoms with Crippen LogP contribution in [0.3, 0.4) is 0 Å². The monoisotopic (exact) mass is 285 g/mol. The van der Waals surface area contributed by atoms with Gasteiger partial charge < -0.3 is 0 Å². The third-order valence-electron chi connectivity index (χ3n) is 3.01. The number of rotatable bonds is 6. The van der Waals surface area contributed by atoms with Gasteiger partial charge in [0.25, 0.3) is 0 Å². The predicted molar refractivity (Wildman–Crippen MR) is 68.6 cm³/mol. The van der Waals surface area contributed by atoms with Gasteiger partial charge in [0.1, 0.15) is 12.2 Å². The second-order valence-corrected chi connectivity index (χ2v) is 6.32. The SMILES string of the molecule is CC(C)Cn1ncnc1CCC(Br)C1CC1. The van der Waals surface area contributed by atoms with Crippen molar-refractivity contribution in [2.24, 2.45) is 11.8 Å². The third kappa shape index (κ3) is 3.30. The van der Waals surface area contributed by atoms with Gasteiger partial charge in [-0.15, -0.1) is 0 Å². The maximum Gasteiger partial charge on any atom is 0.138 e. The Morgan fingerprint density at radius 1 is 1.50 bits per heavy atom. The van der Waals surface area contributed by atoms with Crippen LogP contribution in [0.1, 0.15) is 38.9 Å². The van der Waals surface area contributed by atoms with Gasteiger partial charge in [-0.05, 0) is 31.1 Å². The highest BCUT2D eigenvalue weighted by Gasteiger charge is 2.29. The van der Waals surface area contributed by atoms with Crippen LogP contribution in [0.2, 0.25) is 0 Å². The first-order valence-electron chi connectivity index (χ1n) is 6.17. The molecule has 0 bridgehead atoms. The van der Waals surface area contributed by atoms with Gasteiger partial charge in [0.2, 0.25) is 0 Å². The minimum atomic E-state index is 0.628. The van der Waals surface area contributed by atoms with Crippen molar-refractivity contribution in [2.45, 2.75) is 50.9 Å². The second-order valence-electron chi connectivity index (χ2n) is 5.14. The number of hydrogen-bond donors (Lipinski definition) is 0. The molecule has 0 aromatic carbocycles. The molecule has 1 aromatic heterocycles. The van der Waals surface area contributed by atoms with Crippen LogP contribution in [0, 0.1) is 11.8 Å². The number of aromatic nitrogens is 3. The molecule has 0 aliphatic heterocycles. The molecule has 0 N–H and O–H groups in total. The van der Waals surface area contributed by atoms with E-state index in [1.54, 1.807) is 6.33 Å². The molecule has 4 heteroatoms. The Balaban J connectivity index is 1.85. The van der Waals surface area contributed by atoms with Crippen LogP contribution < -0.4 is 0 Å². The highest BCUT2D eigenvalue weighted by molar-refractivity contribution is 9.09. The molecule has 3 nitrogen and oxygen atoms in total. The van der Waals surface area contributed by atoms with Gasteiger partial charge in [-0.1, -0.05) is 29.8 Å². The highest BCUT2D eigenvalue weighted by Crippen LogP contribution is 2.38. The van der Waals surface area contributed by atoms with Gasteiger partial charge in [-0.3, -0.25) is 0 Å². The van der Waals surface area contributed by atoms with Crippen molar-refractivity contribution in [3.05, 3.63) is 12.2 Å². The van der Waals surface area contributed by atoms with Crippen LogP contribution in [-0.2, 0) is 13.0 Å². The molecule has 2 rings (SSSR count). The summed E-state index contributed by atoms with van der Waals surface area (Å²) in [5, 5.41) is 4.29. The van der Waals surface area contributed by atoms with Gasteiger partial charge in [0, 0.05) is 17.8 Å². The van der Waals surface area contributed by atoms with E-state index in [0.717, 1.165) is 24.7 Å². The first-order valence-corrected chi connectivity index (χ1v) is 7.09. The number of aryl methyl sites for hydroxylation is 1. The first-order chi connectivity index (χ1) is 7.66. The van der Waals surface area contributed by atoms with Gasteiger partial charge in [0.15, 0.2) is 0 Å². The van der Waals surface area contributed by atoms with Crippen molar-refractivity contribution in [1.82, 2.24) is 14.8 Å². The lowest BCUT2D eigenvalue weighted by molar-refractivity contribution is 0.462. The Labute approximate surface area is 106 Å². The van der Waals surface area contributed by atoms with Crippen molar-refractivity contribution in [3.8, 4) is 0 Å². The summed E-state index contributed by atoms with van der Waals surface area (Å²) in [4.78, 5) is 5.03. The average molecular weight is 286 g/mol. The molecular weight excluding hydrogens is 266 g/mol. The van der Waals surface area contributed by atoms with Gasteiger partial charge in [0.05, 0.1) is 0 Å². The molecule has 1 atom stereocenters. The van der Waals surface area contributed by atoms with Crippen LogP contribution in [0.25, 0.3) is 0 Å². The van der Waals surface area contributed by atoms with Crippen LogP contribution in [0.4, 0.5) is 0 Å². The molecule has 0 saturated heterocycles. The summed E-state index contributed by atoms with van der Waals surface area (Å²) in [6.45, 7) is 5.40. The quantitative estimate of drug-likeness (QED) is 0.753. The van der Waals surface area contributed by atoms with E-state index in [0.29, 0.717) is 10.7 Å². The Morgan fingerprint density at radius 2 is 2.25 bits per heavy atom. The molecule has 1 unspecified atom stereocenters. The van der Waals surface area contributed by atoms with Crippen LogP contribution in [0.5, 0.6) is 0 Å². The lowest BCUT2D eigenvalue weighted by atomic mass is 10.1. The smallest absolute Gasteiger partial charge is 0.138 e. The van der Waals surface area contributed by atoms with E-state index >= 15 is 0 Å². The normalized spacial score (nSPS) is 18.0. The van der Waals surface area contributed by atoms with Crippen molar-refractivity contribution in [1.29, 1.82) is 0 Å². The zero-order valence-corrected chi connectivity index (χ0v) is 11.7. The van der Waals surface area contributed by atoms with Crippen LogP contribution >= 0.6 is 15.9 Å². The molecule has 90 valence electrons. The zero-order valence-electron chi connectivity index (χ0n) is 10.1. The Morgan fingerprint density at radius 3 is 2.88 bits per heavy atom. The fourth-order valence-electron chi connectivity index (χ4n) is 1.94. The first kappa shape index (κ1) is 12.1. The van der Waals surface area contributed by atoms with E-state index < -0.39 is 0 Å². The average Bonchev–Trinajstić information content (AvgIpc) is 2.98. The maximum atomic E-state index is 4.35. The maximum absolute atomic E-state index is 4.35. The zero-order chi connectivity index (χ0) is 11.5. The third-order valence-corrected chi connectivity index (χ3v) is 4.22. The molecule has 1 fully saturated rings. The number of hydrogen-bond acceptors (Lipinski definition) is 2. The largest absolute Gasteiger partial charge is 0.250 e. The summed E-state index contributed by atoms with van der Waals surface area (Å²) in [5.41, 5.74) is 0.